The molecule has 0 radical (unpaired) electrons. The molecular weight excluding hydrogens is 396 g/mol. The van der Waals surface area contributed by atoms with Crippen molar-refractivity contribution in [1.82, 2.24) is 20.4 Å². The molecule has 8 heteroatoms. The summed E-state index contributed by atoms with van der Waals surface area (Å²) in [5.41, 5.74) is 1.14. The van der Waals surface area contributed by atoms with E-state index in [1.54, 1.807) is 13.0 Å². The van der Waals surface area contributed by atoms with Crippen molar-refractivity contribution < 1.29 is 18.8 Å². The summed E-state index contributed by atoms with van der Waals surface area (Å²) in [6.45, 7) is 2.42. The first-order chi connectivity index (χ1) is 15.1. The minimum Gasteiger partial charge on any atom is -0.477 e. The second-order valence-corrected chi connectivity index (χ2v) is 9.22. The van der Waals surface area contributed by atoms with Gasteiger partial charge in [0.05, 0.1) is 12.6 Å². The van der Waals surface area contributed by atoms with Crippen LogP contribution < -0.4 is 14.8 Å². The molecule has 3 saturated carbocycles. The summed E-state index contributed by atoms with van der Waals surface area (Å²) in [4.78, 5) is 21.5. The van der Waals surface area contributed by atoms with E-state index in [0.717, 1.165) is 37.7 Å². The van der Waals surface area contributed by atoms with Gasteiger partial charge >= 0.3 is 6.09 Å². The van der Waals surface area contributed by atoms with Gasteiger partial charge in [-0.3, -0.25) is 0 Å². The van der Waals surface area contributed by atoms with Crippen LogP contribution in [-0.2, 0) is 0 Å². The average molecular weight is 427 g/mol. The second kappa shape index (κ2) is 8.85. The molecule has 1 atom stereocenters. The smallest absolute Gasteiger partial charge is 0.414 e. The number of rotatable bonds is 9. The van der Waals surface area contributed by atoms with Crippen LogP contribution >= 0.6 is 0 Å². The Balaban J connectivity index is 1.27. The molecule has 0 aromatic carbocycles. The fraction of sp³-hybridized carbons (Fsp3) is 0.652. The maximum absolute atomic E-state index is 12.6. The van der Waals surface area contributed by atoms with Crippen molar-refractivity contribution in [3.63, 3.8) is 0 Å². The van der Waals surface area contributed by atoms with Crippen LogP contribution in [0.15, 0.2) is 16.7 Å². The van der Waals surface area contributed by atoms with Crippen LogP contribution in [0.5, 0.6) is 11.8 Å². The van der Waals surface area contributed by atoms with E-state index in [9.17, 15) is 4.79 Å². The van der Waals surface area contributed by atoms with E-state index >= 15 is 0 Å². The Morgan fingerprint density at radius 1 is 1.13 bits per heavy atom. The monoisotopic (exact) mass is 426 g/mol. The Labute approximate surface area is 182 Å². The summed E-state index contributed by atoms with van der Waals surface area (Å²) in [5, 5.41) is 6.87. The van der Waals surface area contributed by atoms with Gasteiger partial charge in [0.25, 0.3) is 0 Å². The average Bonchev–Trinajstić information content (AvgIpc) is 3.66. The van der Waals surface area contributed by atoms with Gasteiger partial charge in [-0.1, -0.05) is 30.8 Å². The molecule has 1 N–H and O–H groups in total. The number of ether oxygens (including phenoxy) is 2. The van der Waals surface area contributed by atoms with Gasteiger partial charge in [0, 0.05) is 18.6 Å². The first kappa shape index (κ1) is 20.3. The third-order valence-corrected chi connectivity index (χ3v) is 6.42. The zero-order valence-corrected chi connectivity index (χ0v) is 18.0. The fourth-order valence-corrected chi connectivity index (χ4v) is 4.27. The van der Waals surface area contributed by atoms with E-state index in [-0.39, 0.29) is 11.9 Å². The van der Waals surface area contributed by atoms with Crippen molar-refractivity contribution in [1.29, 1.82) is 0 Å². The van der Waals surface area contributed by atoms with E-state index in [0.29, 0.717) is 42.0 Å². The molecule has 0 bridgehead atoms. The van der Waals surface area contributed by atoms with Crippen molar-refractivity contribution >= 4 is 6.09 Å². The predicted molar refractivity (Wildman–Crippen MR) is 112 cm³/mol. The molecule has 5 rings (SSSR count). The number of amides is 1. The van der Waals surface area contributed by atoms with E-state index in [1.165, 1.54) is 25.7 Å². The Bertz CT molecular complexity index is 916. The Morgan fingerprint density at radius 2 is 1.90 bits per heavy atom. The van der Waals surface area contributed by atoms with Crippen LogP contribution in [0.4, 0.5) is 4.79 Å². The molecule has 3 aliphatic carbocycles. The minimum absolute atomic E-state index is 0.250. The highest BCUT2D eigenvalue weighted by atomic mass is 16.6. The van der Waals surface area contributed by atoms with Gasteiger partial charge in [-0.15, -0.1) is 0 Å². The normalized spacial score (nSPS) is 19.9. The van der Waals surface area contributed by atoms with E-state index in [4.69, 9.17) is 14.0 Å². The number of aromatic nitrogens is 3. The minimum atomic E-state index is -0.567. The second-order valence-electron chi connectivity index (χ2n) is 9.22. The van der Waals surface area contributed by atoms with Crippen molar-refractivity contribution in [3.05, 3.63) is 29.4 Å². The summed E-state index contributed by atoms with van der Waals surface area (Å²) < 4.78 is 16.7. The zero-order valence-electron chi connectivity index (χ0n) is 18.0. The third-order valence-electron chi connectivity index (χ3n) is 6.42. The number of carbonyl (C=O) groups excluding carboxylic acids is 1. The van der Waals surface area contributed by atoms with Crippen LogP contribution in [0.25, 0.3) is 0 Å². The molecule has 0 unspecified atom stereocenters. The predicted octanol–water partition coefficient (Wildman–Crippen LogP) is 4.85. The molecule has 0 spiro atoms. The molecule has 3 fully saturated rings. The Hall–Kier alpha value is -2.64. The lowest BCUT2D eigenvalue weighted by atomic mass is 9.99. The number of hydrogen-bond donors (Lipinski definition) is 1. The molecule has 31 heavy (non-hydrogen) atoms. The number of hydrogen-bond acceptors (Lipinski definition) is 7. The van der Waals surface area contributed by atoms with Crippen molar-refractivity contribution in [2.24, 2.45) is 11.8 Å². The van der Waals surface area contributed by atoms with Gasteiger partial charge in [-0.2, -0.15) is 9.97 Å². The van der Waals surface area contributed by atoms with E-state index in [1.807, 2.05) is 6.07 Å². The van der Waals surface area contributed by atoms with Crippen molar-refractivity contribution in [3.8, 4) is 11.8 Å². The lowest BCUT2D eigenvalue weighted by Crippen LogP contribution is -2.32. The molecule has 8 nitrogen and oxygen atoms in total. The number of aryl methyl sites for hydroxylation is 1. The molecule has 166 valence electrons. The molecule has 0 saturated heterocycles. The lowest BCUT2D eigenvalue weighted by Gasteiger charge is -2.17. The standard InChI is InChI=1S/C23H30N4O4/c1-14-24-21(27-31-14)19(12-15-6-7-15)25-23(28)30-20-11-10-18(17-4-2-3-5-17)22(26-20)29-13-16-8-9-16/h10-11,15-17,19H,2-9,12-13H2,1H3,(H,25,28)/t19-/m0/s1. The van der Waals surface area contributed by atoms with Crippen LogP contribution in [0.2, 0.25) is 0 Å². The SMILES string of the molecule is Cc1nc([C@H](CC2CC2)NC(=O)Oc2ccc(C3CCCC3)c(OCC3CC3)n2)no1. The van der Waals surface area contributed by atoms with Crippen LogP contribution in [0, 0.1) is 18.8 Å². The molecule has 2 aromatic rings. The maximum Gasteiger partial charge on any atom is 0.414 e. The fourth-order valence-electron chi connectivity index (χ4n) is 4.27. The molecule has 1 amide bonds. The molecular formula is C23H30N4O4. The van der Waals surface area contributed by atoms with Gasteiger partial charge in [-0.25, -0.2) is 4.79 Å². The molecule has 2 aromatic heterocycles. The van der Waals surface area contributed by atoms with Crippen LogP contribution in [-0.4, -0.2) is 27.8 Å². The highest BCUT2D eigenvalue weighted by Gasteiger charge is 2.31. The van der Waals surface area contributed by atoms with Crippen molar-refractivity contribution in [2.75, 3.05) is 6.61 Å². The Kier molecular flexibility index (Phi) is 5.78. The van der Waals surface area contributed by atoms with E-state index < -0.39 is 6.09 Å². The van der Waals surface area contributed by atoms with E-state index in [2.05, 4.69) is 20.4 Å². The van der Waals surface area contributed by atoms with Gasteiger partial charge in [0.15, 0.2) is 5.82 Å². The maximum atomic E-state index is 12.6. The summed E-state index contributed by atoms with van der Waals surface area (Å²) in [6.07, 6.45) is 9.78. The molecule has 3 aliphatic rings. The third kappa shape index (κ3) is 5.35. The van der Waals surface area contributed by atoms with Gasteiger partial charge in [0.2, 0.25) is 17.7 Å². The summed E-state index contributed by atoms with van der Waals surface area (Å²) in [7, 11) is 0. The van der Waals surface area contributed by atoms with Gasteiger partial charge < -0.3 is 19.3 Å². The summed E-state index contributed by atoms with van der Waals surface area (Å²) >= 11 is 0. The quantitative estimate of drug-likeness (QED) is 0.612. The molecule has 2 heterocycles. The van der Waals surface area contributed by atoms with Gasteiger partial charge in [-0.05, 0) is 55.9 Å². The number of nitrogens with zero attached hydrogens (tertiary/aromatic N) is 3. The van der Waals surface area contributed by atoms with Gasteiger partial charge in [0.1, 0.15) is 0 Å². The molecule has 0 aliphatic heterocycles. The van der Waals surface area contributed by atoms with Crippen LogP contribution in [0.1, 0.15) is 87.0 Å². The first-order valence-corrected chi connectivity index (χ1v) is 11.6. The highest BCUT2D eigenvalue weighted by molar-refractivity contribution is 5.70. The largest absolute Gasteiger partial charge is 0.477 e. The van der Waals surface area contributed by atoms with Crippen molar-refractivity contribution in [2.45, 2.75) is 76.7 Å². The zero-order chi connectivity index (χ0) is 21.2. The topological polar surface area (TPSA) is 99.4 Å². The Morgan fingerprint density at radius 3 is 2.58 bits per heavy atom. The highest BCUT2D eigenvalue weighted by Crippen LogP contribution is 2.40. The number of pyridine rings is 1. The first-order valence-electron chi connectivity index (χ1n) is 11.6. The summed E-state index contributed by atoms with van der Waals surface area (Å²) in [5.74, 6) is 3.52. The van der Waals surface area contributed by atoms with Crippen LogP contribution in [0.3, 0.4) is 0 Å². The lowest BCUT2D eigenvalue weighted by molar-refractivity contribution is 0.191. The number of nitrogens with one attached hydrogen (secondary N) is 1. The summed E-state index contributed by atoms with van der Waals surface area (Å²) in [6, 6.07) is 3.45. The number of carbonyl (C=O) groups is 1.